The molecule has 0 fully saturated rings. The van der Waals surface area contributed by atoms with Crippen LogP contribution in [-0.4, -0.2) is 26.1 Å². The second-order valence-corrected chi connectivity index (χ2v) is 7.18. The Kier molecular flexibility index (Phi) is 5.54. The van der Waals surface area contributed by atoms with Crippen LogP contribution in [-0.2, 0) is 25.0 Å². The Bertz CT molecular complexity index is 853. The number of carbonyl (C=O) groups is 1. The van der Waals surface area contributed by atoms with Crippen LogP contribution in [0.3, 0.4) is 0 Å². The largest absolute Gasteiger partial charge is 0.467 e. The molecule has 1 N–H and O–H groups in total. The maximum atomic E-state index is 12.7. The molecule has 0 aliphatic carbocycles. The van der Waals surface area contributed by atoms with Crippen LogP contribution >= 0.6 is 0 Å². The molecule has 3 heterocycles. The molecule has 0 saturated carbocycles. The number of nitrogens with one attached hydrogen (secondary N) is 1. The third-order valence-corrected chi connectivity index (χ3v) is 3.82. The number of aromatic nitrogens is 3. The van der Waals surface area contributed by atoms with Crippen molar-refractivity contribution in [1.82, 2.24) is 25.3 Å². The first-order valence-electron chi connectivity index (χ1n) is 8.70. The minimum absolute atomic E-state index is 0.152. The van der Waals surface area contributed by atoms with Crippen LogP contribution in [0.25, 0.3) is 0 Å². The van der Waals surface area contributed by atoms with Crippen molar-refractivity contribution in [3.8, 4) is 0 Å². The molecule has 0 unspecified atom stereocenters. The minimum Gasteiger partial charge on any atom is -0.467 e. The molecule has 3 aromatic heterocycles. The summed E-state index contributed by atoms with van der Waals surface area (Å²) in [6.07, 6.45) is 3.28. The maximum Gasteiger partial charge on any atom is 0.318 e. The lowest BCUT2D eigenvalue weighted by Gasteiger charge is -2.21. The predicted molar refractivity (Wildman–Crippen MR) is 97.4 cm³/mol. The Morgan fingerprint density at radius 3 is 2.67 bits per heavy atom. The van der Waals surface area contributed by atoms with Crippen LogP contribution in [0, 0.1) is 0 Å². The van der Waals surface area contributed by atoms with Crippen LogP contribution in [0.1, 0.15) is 43.9 Å². The van der Waals surface area contributed by atoms with Crippen LogP contribution in [0.2, 0.25) is 0 Å². The van der Waals surface area contributed by atoms with Crippen molar-refractivity contribution in [1.29, 1.82) is 0 Å². The monoisotopic (exact) mass is 369 g/mol. The highest BCUT2D eigenvalue weighted by molar-refractivity contribution is 5.74. The van der Waals surface area contributed by atoms with E-state index in [1.807, 2.05) is 45.0 Å². The van der Waals surface area contributed by atoms with Crippen LogP contribution in [0.5, 0.6) is 0 Å². The molecule has 142 valence electrons. The highest BCUT2D eigenvalue weighted by Gasteiger charge is 2.22. The molecule has 27 heavy (non-hydrogen) atoms. The molecule has 3 aromatic rings. The number of pyridine rings is 1. The molecule has 0 atom stereocenters. The summed E-state index contributed by atoms with van der Waals surface area (Å²) < 4.78 is 10.6. The van der Waals surface area contributed by atoms with Gasteiger partial charge >= 0.3 is 6.03 Å². The third kappa shape index (κ3) is 5.16. The molecule has 8 heteroatoms. The molecule has 0 radical (unpaired) electrons. The average molecular weight is 369 g/mol. The number of amides is 2. The molecule has 0 spiro atoms. The highest BCUT2D eigenvalue weighted by atomic mass is 16.5. The van der Waals surface area contributed by atoms with Gasteiger partial charge in [0, 0.05) is 11.6 Å². The van der Waals surface area contributed by atoms with E-state index < -0.39 is 0 Å². The van der Waals surface area contributed by atoms with E-state index in [1.165, 1.54) is 0 Å². The predicted octanol–water partition coefficient (Wildman–Crippen LogP) is 3.27. The Labute approximate surface area is 157 Å². The number of rotatable bonds is 6. The lowest BCUT2D eigenvalue weighted by Crippen LogP contribution is -2.39. The number of urea groups is 1. The number of furan rings is 1. The maximum absolute atomic E-state index is 12.7. The van der Waals surface area contributed by atoms with Crippen molar-refractivity contribution in [2.45, 2.75) is 45.8 Å². The van der Waals surface area contributed by atoms with Crippen LogP contribution in [0.15, 0.2) is 51.7 Å². The smallest absolute Gasteiger partial charge is 0.318 e. The van der Waals surface area contributed by atoms with E-state index in [2.05, 4.69) is 20.4 Å². The van der Waals surface area contributed by atoms with Crippen molar-refractivity contribution in [2.75, 3.05) is 0 Å². The topological polar surface area (TPSA) is 97.3 Å². The first kappa shape index (κ1) is 18.6. The third-order valence-electron chi connectivity index (χ3n) is 3.82. The summed E-state index contributed by atoms with van der Waals surface area (Å²) in [4.78, 5) is 22.9. The SMILES string of the molecule is CC(C)(C)c1noc(CNC(=O)N(Cc2ccccn2)Cc2ccco2)n1. The second-order valence-electron chi connectivity index (χ2n) is 7.18. The summed E-state index contributed by atoms with van der Waals surface area (Å²) in [5.41, 5.74) is 0.572. The van der Waals surface area contributed by atoms with E-state index in [4.69, 9.17) is 8.94 Å². The van der Waals surface area contributed by atoms with Gasteiger partial charge in [0.15, 0.2) is 5.82 Å². The fraction of sp³-hybridized carbons (Fsp3) is 0.368. The molecule has 3 rings (SSSR count). The summed E-state index contributed by atoms with van der Waals surface area (Å²) in [5, 5.41) is 6.78. The van der Waals surface area contributed by atoms with Gasteiger partial charge in [-0.25, -0.2) is 4.79 Å². The standard InChI is InChI=1S/C19H23N5O3/c1-19(2,3)17-22-16(27-23-17)11-21-18(25)24(13-15-8-6-10-26-15)12-14-7-4-5-9-20-14/h4-10H,11-13H2,1-3H3,(H,21,25). The van der Waals surface area contributed by atoms with Gasteiger partial charge in [-0.1, -0.05) is 32.0 Å². The van der Waals surface area contributed by atoms with Crippen molar-refractivity contribution >= 4 is 6.03 Å². The van der Waals surface area contributed by atoms with E-state index in [-0.39, 0.29) is 18.0 Å². The van der Waals surface area contributed by atoms with Gasteiger partial charge in [0.05, 0.1) is 31.6 Å². The Balaban J connectivity index is 1.65. The fourth-order valence-electron chi connectivity index (χ4n) is 2.37. The van der Waals surface area contributed by atoms with E-state index in [0.29, 0.717) is 30.6 Å². The number of hydrogen-bond acceptors (Lipinski definition) is 6. The zero-order chi connectivity index (χ0) is 19.3. The van der Waals surface area contributed by atoms with Crippen molar-refractivity contribution < 1.29 is 13.7 Å². The fourth-order valence-corrected chi connectivity index (χ4v) is 2.37. The summed E-state index contributed by atoms with van der Waals surface area (Å²) in [6.45, 7) is 6.82. The van der Waals surface area contributed by atoms with Gasteiger partial charge in [-0.15, -0.1) is 0 Å². The molecule has 2 amide bonds. The number of nitrogens with zero attached hydrogens (tertiary/aromatic N) is 4. The lowest BCUT2D eigenvalue weighted by atomic mass is 9.96. The zero-order valence-corrected chi connectivity index (χ0v) is 15.7. The van der Waals surface area contributed by atoms with Crippen molar-refractivity contribution in [3.63, 3.8) is 0 Å². The number of carbonyl (C=O) groups excluding carboxylic acids is 1. The highest BCUT2D eigenvalue weighted by Crippen LogP contribution is 2.18. The summed E-state index contributed by atoms with van der Waals surface area (Å²) in [7, 11) is 0. The van der Waals surface area contributed by atoms with E-state index in [1.54, 1.807) is 23.4 Å². The van der Waals surface area contributed by atoms with E-state index >= 15 is 0 Å². The molecule has 0 aliphatic rings. The van der Waals surface area contributed by atoms with Gasteiger partial charge in [0.1, 0.15) is 5.76 Å². The average Bonchev–Trinajstić information content (AvgIpc) is 3.31. The molecule has 0 saturated heterocycles. The zero-order valence-electron chi connectivity index (χ0n) is 15.7. The summed E-state index contributed by atoms with van der Waals surface area (Å²) in [6, 6.07) is 8.94. The number of hydrogen-bond donors (Lipinski definition) is 1. The van der Waals surface area contributed by atoms with Gasteiger partial charge in [0.2, 0.25) is 5.89 Å². The first-order chi connectivity index (χ1) is 12.9. The first-order valence-corrected chi connectivity index (χ1v) is 8.70. The molecule has 0 aliphatic heterocycles. The van der Waals surface area contributed by atoms with E-state index in [0.717, 1.165) is 5.69 Å². The molecular weight excluding hydrogens is 346 g/mol. The van der Waals surface area contributed by atoms with E-state index in [9.17, 15) is 4.79 Å². The van der Waals surface area contributed by atoms with Crippen LogP contribution < -0.4 is 5.32 Å². The molecule has 0 bridgehead atoms. The molecule has 0 aromatic carbocycles. The summed E-state index contributed by atoms with van der Waals surface area (Å²) >= 11 is 0. The Morgan fingerprint density at radius 1 is 1.19 bits per heavy atom. The second kappa shape index (κ2) is 8.03. The summed E-state index contributed by atoms with van der Waals surface area (Å²) in [5.74, 6) is 1.66. The van der Waals surface area contributed by atoms with Crippen molar-refractivity contribution in [3.05, 3.63) is 66.0 Å². The van der Waals surface area contributed by atoms with Gasteiger partial charge in [0.25, 0.3) is 0 Å². The van der Waals surface area contributed by atoms with Crippen LogP contribution in [0.4, 0.5) is 4.79 Å². The van der Waals surface area contributed by atoms with Gasteiger partial charge < -0.3 is 19.2 Å². The van der Waals surface area contributed by atoms with Gasteiger partial charge in [-0.05, 0) is 24.3 Å². The quantitative estimate of drug-likeness (QED) is 0.716. The van der Waals surface area contributed by atoms with Crippen molar-refractivity contribution in [2.24, 2.45) is 0 Å². The Hall–Kier alpha value is -3.16. The normalized spacial score (nSPS) is 11.4. The minimum atomic E-state index is -0.271. The lowest BCUT2D eigenvalue weighted by molar-refractivity contribution is 0.184. The van der Waals surface area contributed by atoms with Gasteiger partial charge in [-0.3, -0.25) is 4.98 Å². The molecule has 8 nitrogen and oxygen atoms in total. The Morgan fingerprint density at radius 2 is 2.04 bits per heavy atom. The molecular formula is C19H23N5O3. The van der Waals surface area contributed by atoms with Gasteiger partial charge in [-0.2, -0.15) is 4.98 Å².